The molecule has 1 saturated heterocycles. The molecule has 17 heteroatoms. The molecule has 376 valence electrons. The van der Waals surface area contributed by atoms with E-state index in [1.54, 1.807) is 36.8 Å². The molecule has 5 amide bonds. The average Bonchev–Trinajstić information content (AvgIpc) is 3.65. The lowest BCUT2D eigenvalue weighted by atomic mass is 9.84. The number of pyridine rings is 1. The number of carboxylic acids is 1. The van der Waals surface area contributed by atoms with Crippen molar-refractivity contribution >= 4 is 36.1 Å². The first kappa shape index (κ1) is 53.9. The van der Waals surface area contributed by atoms with Crippen LogP contribution < -0.4 is 16.0 Å². The van der Waals surface area contributed by atoms with Gasteiger partial charge in [0.2, 0.25) is 11.8 Å². The number of hydrogen-bond acceptors (Lipinski definition) is 11. The summed E-state index contributed by atoms with van der Waals surface area (Å²) < 4.78 is 16.6. The fourth-order valence-corrected chi connectivity index (χ4v) is 8.48. The largest absolute Gasteiger partial charge is 0.508 e. The van der Waals surface area contributed by atoms with E-state index in [1.165, 1.54) is 26.1 Å². The third kappa shape index (κ3) is 15.5. The van der Waals surface area contributed by atoms with E-state index in [0.717, 1.165) is 27.9 Å². The van der Waals surface area contributed by atoms with Gasteiger partial charge < -0.3 is 45.1 Å². The monoisotopic (exact) mass is 964 g/mol. The number of hydrogen-bond donors (Lipinski definition) is 4. The fourth-order valence-electron chi connectivity index (χ4n) is 8.48. The Hall–Kier alpha value is -7.01. The summed E-state index contributed by atoms with van der Waals surface area (Å²) >= 11 is 0. The van der Waals surface area contributed by atoms with Crippen LogP contribution in [-0.2, 0) is 48.0 Å². The van der Waals surface area contributed by atoms with Crippen molar-refractivity contribution < 1.29 is 48.1 Å². The summed E-state index contributed by atoms with van der Waals surface area (Å²) in [5.41, 5.74) is 2.56. The molecule has 70 heavy (non-hydrogen) atoms. The molecule has 4 aromatic rings. The lowest BCUT2D eigenvalue weighted by molar-refractivity contribution is -0.144. The predicted molar refractivity (Wildman–Crippen MR) is 264 cm³/mol. The number of alkyl carbamates (subject to hydrolysis) is 1. The second-order valence-electron chi connectivity index (χ2n) is 20.0. The summed E-state index contributed by atoms with van der Waals surface area (Å²) in [5.74, 6) is -2.26. The van der Waals surface area contributed by atoms with Crippen LogP contribution in [0, 0.1) is 10.8 Å². The Morgan fingerprint density at radius 1 is 0.743 bits per heavy atom. The topological polar surface area (TPSA) is 209 Å². The van der Waals surface area contributed by atoms with Crippen LogP contribution in [0.3, 0.4) is 0 Å². The molecule has 1 aliphatic rings. The maximum absolute atomic E-state index is 15.1. The van der Waals surface area contributed by atoms with Gasteiger partial charge in [-0.3, -0.25) is 24.3 Å². The number of methoxy groups -OCH3 is 1. The van der Waals surface area contributed by atoms with E-state index < -0.39 is 83.8 Å². The first-order valence-corrected chi connectivity index (χ1v) is 23.5. The summed E-state index contributed by atoms with van der Waals surface area (Å²) in [6.07, 6.45) is -1.35. The van der Waals surface area contributed by atoms with Crippen molar-refractivity contribution in [3.8, 4) is 11.3 Å². The Morgan fingerprint density at radius 3 is 1.91 bits per heavy atom. The fraction of sp³-hybridized carbons (Fsp3) is 0.453. The molecule has 17 nitrogen and oxygen atoms in total. The number of amides is 5. The van der Waals surface area contributed by atoms with Gasteiger partial charge in [-0.15, -0.1) is 0 Å². The smallest absolute Gasteiger partial charge is 0.480 e. The Morgan fingerprint density at radius 2 is 1.36 bits per heavy atom. The van der Waals surface area contributed by atoms with E-state index in [-0.39, 0.29) is 31.8 Å². The molecular formula is C53H69N7O10. The number of carbonyl (C=O) groups excluding carboxylic acids is 5. The first-order valence-electron chi connectivity index (χ1n) is 23.5. The van der Waals surface area contributed by atoms with Crippen molar-refractivity contribution in [2.45, 2.75) is 104 Å². The first-order chi connectivity index (χ1) is 33.1. The van der Waals surface area contributed by atoms with Crippen molar-refractivity contribution in [2.24, 2.45) is 10.8 Å². The molecule has 1 fully saturated rings. The van der Waals surface area contributed by atoms with Gasteiger partial charge in [0, 0.05) is 43.9 Å². The summed E-state index contributed by atoms with van der Waals surface area (Å²) in [7, 11) is 4.28. The van der Waals surface area contributed by atoms with Gasteiger partial charge in [0.25, 0.3) is 0 Å². The van der Waals surface area contributed by atoms with E-state index in [9.17, 15) is 29.1 Å². The molecule has 0 aliphatic carbocycles. The third-order valence-electron chi connectivity index (χ3n) is 12.1. The minimum absolute atomic E-state index is 0.112. The number of nitrogens with zero attached hydrogens (tertiary/aromatic N) is 4. The minimum atomic E-state index is -1.25. The van der Waals surface area contributed by atoms with E-state index in [4.69, 9.17) is 14.2 Å². The van der Waals surface area contributed by atoms with Gasteiger partial charge >= 0.3 is 24.2 Å². The summed E-state index contributed by atoms with van der Waals surface area (Å²) in [4.78, 5) is 91.5. The number of rotatable bonds is 21. The number of benzene rings is 3. The van der Waals surface area contributed by atoms with E-state index in [0.29, 0.717) is 13.1 Å². The lowest BCUT2D eigenvalue weighted by Crippen LogP contribution is -2.60. The maximum Gasteiger partial charge on any atom is 0.508 e. The van der Waals surface area contributed by atoms with Gasteiger partial charge in [0.15, 0.2) is 0 Å². The predicted octanol–water partition coefficient (Wildman–Crippen LogP) is 6.55. The molecule has 1 aliphatic heterocycles. The molecule has 0 bridgehead atoms. The van der Waals surface area contributed by atoms with Crippen molar-refractivity contribution in [1.29, 1.82) is 0 Å². The summed E-state index contributed by atoms with van der Waals surface area (Å²) in [6.45, 7) is 11.5. The summed E-state index contributed by atoms with van der Waals surface area (Å²) in [6, 6.07) is 26.7. The number of ether oxygens (including phenoxy) is 3. The molecule has 6 atom stereocenters. The average molecular weight is 964 g/mol. The molecule has 3 aromatic carbocycles. The van der Waals surface area contributed by atoms with Gasteiger partial charge in [-0.05, 0) is 66.6 Å². The maximum atomic E-state index is 15.1. The Bertz CT molecular complexity index is 2360. The molecule has 0 spiro atoms. The van der Waals surface area contributed by atoms with Gasteiger partial charge in [0.1, 0.15) is 30.8 Å². The Labute approximate surface area is 411 Å². The second-order valence-corrected chi connectivity index (χ2v) is 20.0. The number of carbonyl (C=O) groups is 6. The van der Waals surface area contributed by atoms with E-state index in [1.807, 2.05) is 124 Å². The highest BCUT2D eigenvalue weighted by molar-refractivity contribution is 5.89. The Balaban J connectivity index is 1.57. The van der Waals surface area contributed by atoms with Gasteiger partial charge in [-0.25, -0.2) is 14.4 Å². The van der Waals surface area contributed by atoms with E-state index >= 15 is 4.79 Å². The number of nitrogens with one attached hydrogen (secondary N) is 3. The highest BCUT2D eigenvalue weighted by Gasteiger charge is 2.45. The highest BCUT2D eigenvalue weighted by Crippen LogP contribution is 2.30. The van der Waals surface area contributed by atoms with Crippen LogP contribution in [0.4, 0.5) is 14.4 Å². The zero-order valence-electron chi connectivity index (χ0n) is 41.7. The molecule has 0 saturated carbocycles. The molecule has 2 heterocycles. The SMILES string of the molecule is COC(=O)N[C@H](C(=O)N[C@@H](Cc1ccc(-c2ccccn2)cc1)C[C@H](OC(=O)OCC(C(=O)O)N(C)C)[C@H](Cc1ccccc1)NC(=O)[C@@H](N1CCN(Cc2ccccc2)C1=O)C(C)(C)C)C(C)(C)C. The third-order valence-corrected chi connectivity index (χ3v) is 12.1. The van der Waals surface area contributed by atoms with Crippen LogP contribution in [0.25, 0.3) is 11.3 Å². The lowest BCUT2D eigenvalue weighted by Gasteiger charge is -2.39. The number of aromatic nitrogens is 1. The van der Waals surface area contributed by atoms with Crippen LogP contribution in [0.5, 0.6) is 0 Å². The van der Waals surface area contributed by atoms with Crippen molar-refractivity contribution in [1.82, 2.24) is 35.6 Å². The molecular weight excluding hydrogens is 895 g/mol. The number of likely N-dealkylation sites (N-methyl/N-ethyl adjacent to an activating group) is 1. The number of aliphatic carboxylic acids is 1. The molecule has 0 radical (unpaired) electrons. The van der Waals surface area contributed by atoms with Crippen molar-refractivity contribution in [3.63, 3.8) is 0 Å². The number of carboxylic acid groups (broad SMARTS) is 1. The summed E-state index contributed by atoms with van der Waals surface area (Å²) in [5, 5.41) is 18.8. The van der Waals surface area contributed by atoms with Gasteiger partial charge in [-0.1, -0.05) is 133 Å². The van der Waals surface area contributed by atoms with Gasteiger partial charge in [-0.2, -0.15) is 0 Å². The molecule has 1 aromatic heterocycles. The van der Waals surface area contributed by atoms with Crippen LogP contribution in [0.15, 0.2) is 109 Å². The number of urea groups is 1. The van der Waals surface area contributed by atoms with Crippen molar-refractivity contribution in [2.75, 3.05) is 40.9 Å². The zero-order valence-corrected chi connectivity index (χ0v) is 41.7. The Kier molecular flexibility index (Phi) is 18.9. The standard InChI is InChI=1S/C53H69N7O10/c1-52(2,3)44(57-49(65)68-9)46(61)55-39(30-36-23-25-38(26-24-36)40-22-16-17-27-54-40)32-43(70-51(67)69-34-42(48(63)64)58(7)8)41(31-35-18-12-10-13-19-35)56-47(62)45(53(4,5)6)60-29-28-59(50(60)66)33-37-20-14-11-15-21-37/h10-27,39,41-45H,28-34H2,1-9H3,(H,55,61)(H,56,62)(H,57,65)(H,63,64)/t39-,41-,42?,43-,44+,45+/m0/s1. The van der Waals surface area contributed by atoms with E-state index in [2.05, 4.69) is 20.9 Å². The quantitative estimate of drug-likeness (QED) is 0.0656. The normalized spacial score (nSPS) is 15.5. The minimum Gasteiger partial charge on any atom is -0.480 e. The van der Waals surface area contributed by atoms with Crippen LogP contribution in [0.2, 0.25) is 0 Å². The highest BCUT2D eigenvalue weighted by atomic mass is 16.7. The molecule has 5 rings (SSSR count). The van der Waals surface area contributed by atoms with Crippen molar-refractivity contribution in [3.05, 3.63) is 126 Å². The molecule has 1 unspecified atom stereocenters. The molecule has 4 N–H and O–H groups in total. The second kappa shape index (κ2) is 24.5. The van der Waals surface area contributed by atoms with Gasteiger partial charge in [0.05, 0.1) is 18.8 Å². The zero-order chi connectivity index (χ0) is 51.2. The van der Waals surface area contributed by atoms with Crippen LogP contribution >= 0.6 is 0 Å². The van der Waals surface area contributed by atoms with Crippen LogP contribution in [0.1, 0.15) is 64.7 Å². The van der Waals surface area contributed by atoms with Crippen LogP contribution in [-0.4, -0.2) is 138 Å².